The molecule has 0 saturated carbocycles. The van der Waals surface area contributed by atoms with Crippen molar-refractivity contribution in [2.24, 2.45) is 0 Å². The van der Waals surface area contributed by atoms with Crippen LogP contribution in [0.4, 0.5) is 5.69 Å². The smallest absolute Gasteiger partial charge is 0.249 e. The SMILES string of the molecule is Cc1ccc(Cc2nnc(-c3ccc(N)cc3Cl)o2)cc1. The van der Waals surface area contributed by atoms with Crippen LogP contribution in [0, 0.1) is 6.92 Å². The van der Waals surface area contributed by atoms with Gasteiger partial charge in [-0.2, -0.15) is 0 Å². The zero-order chi connectivity index (χ0) is 14.8. The van der Waals surface area contributed by atoms with Gasteiger partial charge in [0.2, 0.25) is 11.8 Å². The normalized spacial score (nSPS) is 10.8. The molecule has 0 saturated heterocycles. The summed E-state index contributed by atoms with van der Waals surface area (Å²) >= 11 is 6.14. The van der Waals surface area contributed by atoms with Gasteiger partial charge in [-0.15, -0.1) is 10.2 Å². The first-order chi connectivity index (χ1) is 10.1. The summed E-state index contributed by atoms with van der Waals surface area (Å²) in [5, 5.41) is 8.62. The van der Waals surface area contributed by atoms with Crippen LogP contribution in [0.15, 0.2) is 46.9 Å². The largest absolute Gasteiger partial charge is 0.420 e. The van der Waals surface area contributed by atoms with Gasteiger partial charge < -0.3 is 10.2 Å². The minimum Gasteiger partial charge on any atom is -0.420 e. The third-order valence-corrected chi connectivity index (χ3v) is 3.48. The van der Waals surface area contributed by atoms with Crippen molar-refractivity contribution in [3.8, 4) is 11.5 Å². The molecule has 0 unspecified atom stereocenters. The van der Waals surface area contributed by atoms with Gasteiger partial charge in [-0.25, -0.2) is 0 Å². The fraction of sp³-hybridized carbons (Fsp3) is 0.125. The number of anilines is 1. The predicted octanol–water partition coefficient (Wildman–Crippen LogP) is 3.87. The van der Waals surface area contributed by atoms with Gasteiger partial charge in [0.15, 0.2) is 0 Å². The Balaban J connectivity index is 1.84. The molecule has 0 atom stereocenters. The molecule has 0 amide bonds. The number of hydrogen-bond acceptors (Lipinski definition) is 4. The molecular weight excluding hydrogens is 286 g/mol. The molecule has 0 fully saturated rings. The maximum absolute atomic E-state index is 6.14. The molecule has 5 heteroatoms. The van der Waals surface area contributed by atoms with E-state index >= 15 is 0 Å². The molecule has 2 aromatic carbocycles. The second kappa shape index (κ2) is 5.58. The third kappa shape index (κ3) is 3.06. The highest BCUT2D eigenvalue weighted by atomic mass is 35.5. The topological polar surface area (TPSA) is 64.9 Å². The molecule has 4 nitrogen and oxygen atoms in total. The van der Waals surface area contributed by atoms with Gasteiger partial charge in [0.1, 0.15) is 0 Å². The second-order valence-electron chi connectivity index (χ2n) is 4.90. The van der Waals surface area contributed by atoms with Gasteiger partial charge in [0.05, 0.1) is 17.0 Å². The first kappa shape index (κ1) is 13.6. The summed E-state index contributed by atoms with van der Waals surface area (Å²) in [6.07, 6.45) is 0.597. The number of aryl methyl sites for hydroxylation is 1. The van der Waals surface area contributed by atoms with Crippen molar-refractivity contribution in [1.82, 2.24) is 10.2 Å². The van der Waals surface area contributed by atoms with Crippen LogP contribution in [0.1, 0.15) is 17.0 Å². The van der Waals surface area contributed by atoms with E-state index in [2.05, 4.69) is 41.4 Å². The Morgan fingerprint density at radius 2 is 1.86 bits per heavy atom. The van der Waals surface area contributed by atoms with Crippen LogP contribution in [-0.2, 0) is 6.42 Å². The average Bonchev–Trinajstić information content (AvgIpc) is 2.90. The molecule has 106 valence electrons. The number of hydrogen-bond donors (Lipinski definition) is 1. The highest BCUT2D eigenvalue weighted by molar-refractivity contribution is 6.33. The average molecular weight is 300 g/mol. The molecule has 2 N–H and O–H groups in total. The van der Waals surface area contributed by atoms with Crippen LogP contribution in [0.5, 0.6) is 0 Å². The maximum Gasteiger partial charge on any atom is 0.249 e. The summed E-state index contributed by atoms with van der Waals surface area (Å²) in [4.78, 5) is 0. The maximum atomic E-state index is 6.14. The molecule has 21 heavy (non-hydrogen) atoms. The zero-order valence-corrected chi connectivity index (χ0v) is 12.3. The van der Waals surface area contributed by atoms with E-state index in [1.807, 2.05) is 0 Å². The lowest BCUT2D eigenvalue weighted by Gasteiger charge is -2.00. The summed E-state index contributed by atoms with van der Waals surface area (Å²) in [6.45, 7) is 2.05. The van der Waals surface area contributed by atoms with E-state index in [0.717, 1.165) is 5.56 Å². The lowest BCUT2D eigenvalue weighted by atomic mass is 10.1. The number of nitrogens with zero attached hydrogens (tertiary/aromatic N) is 2. The summed E-state index contributed by atoms with van der Waals surface area (Å²) in [7, 11) is 0. The van der Waals surface area contributed by atoms with E-state index < -0.39 is 0 Å². The first-order valence-corrected chi connectivity index (χ1v) is 6.93. The lowest BCUT2D eigenvalue weighted by Crippen LogP contribution is -1.88. The Morgan fingerprint density at radius 3 is 2.57 bits per heavy atom. The molecule has 0 aliphatic carbocycles. The van der Waals surface area contributed by atoms with Crippen molar-refractivity contribution in [3.05, 3.63) is 64.5 Å². The molecule has 3 rings (SSSR count). The van der Waals surface area contributed by atoms with Crippen LogP contribution < -0.4 is 5.73 Å². The zero-order valence-electron chi connectivity index (χ0n) is 11.5. The van der Waals surface area contributed by atoms with Crippen LogP contribution in [0.2, 0.25) is 5.02 Å². The molecule has 3 aromatic rings. The predicted molar refractivity (Wildman–Crippen MR) is 83.1 cm³/mol. The van der Waals surface area contributed by atoms with Gasteiger partial charge in [-0.05, 0) is 30.7 Å². The molecule has 0 radical (unpaired) electrons. The van der Waals surface area contributed by atoms with E-state index in [1.54, 1.807) is 18.2 Å². The van der Waals surface area contributed by atoms with Crippen molar-refractivity contribution in [2.45, 2.75) is 13.3 Å². The van der Waals surface area contributed by atoms with Crippen LogP contribution >= 0.6 is 11.6 Å². The minimum atomic E-state index is 0.405. The number of halogens is 1. The van der Waals surface area contributed by atoms with Gasteiger partial charge in [-0.3, -0.25) is 0 Å². The van der Waals surface area contributed by atoms with E-state index in [1.165, 1.54) is 5.56 Å². The van der Waals surface area contributed by atoms with E-state index in [-0.39, 0.29) is 0 Å². The fourth-order valence-electron chi connectivity index (χ4n) is 2.02. The Labute approximate surface area is 127 Å². The standard InChI is InChI=1S/C16H14ClN3O/c1-10-2-4-11(5-3-10)8-15-19-20-16(21-15)13-7-6-12(18)9-14(13)17/h2-7,9H,8,18H2,1H3. The summed E-state index contributed by atoms with van der Waals surface area (Å²) in [6, 6.07) is 13.4. The van der Waals surface area contributed by atoms with Crippen LogP contribution in [0.25, 0.3) is 11.5 Å². The van der Waals surface area contributed by atoms with Crippen molar-refractivity contribution < 1.29 is 4.42 Å². The number of aromatic nitrogens is 2. The second-order valence-corrected chi connectivity index (χ2v) is 5.31. The molecule has 0 bridgehead atoms. The van der Waals surface area contributed by atoms with Gasteiger partial charge in [0.25, 0.3) is 0 Å². The molecule has 1 heterocycles. The monoisotopic (exact) mass is 299 g/mol. The highest BCUT2D eigenvalue weighted by Gasteiger charge is 2.12. The van der Waals surface area contributed by atoms with Crippen molar-refractivity contribution in [2.75, 3.05) is 5.73 Å². The summed E-state index contributed by atoms with van der Waals surface area (Å²) in [5.74, 6) is 0.962. The molecule has 0 spiro atoms. The number of nitrogen functional groups attached to an aromatic ring is 1. The lowest BCUT2D eigenvalue weighted by molar-refractivity contribution is 0.518. The fourth-order valence-corrected chi connectivity index (χ4v) is 2.29. The van der Waals surface area contributed by atoms with Crippen molar-refractivity contribution in [3.63, 3.8) is 0 Å². The number of nitrogens with two attached hydrogens (primary N) is 1. The van der Waals surface area contributed by atoms with Crippen LogP contribution in [-0.4, -0.2) is 10.2 Å². The minimum absolute atomic E-state index is 0.405. The summed E-state index contributed by atoms with van der Waals surface area (Å²) in [5.41, 5.74) is 9.31. The molecule has 0 aliphatic rings. The van der Waals surface area contributed by atoms with Gasteiger partial charge in [-0.1, -0.05) is 41.4 Å². The molecule has 1 aromatic heterocycles. The first-order valence-electron chi connectivity index (χ1n) is 6.55. The van der Waals surface area contributed by atoms with Crippen LogP contribution in [0.3, 0.4) is 0 Å². The number of benzene rings is 2. The summed E-state index contributed by atoms with van der Waals surface area (Å²) < 4.78 is 5.68. The van der Waals surface area contributed by atoms with Crippen molar-refractivity contribution >= 4 is 17.3 Å². The Morgan fingerprint density at radius 1 is 1.10 bits per heavy atom. The van der Waals surface area contributed by atoms with Gasteiger partial charge in [0, 0.05) is 5.69 Å². The van der Waals surface area contributed by atoms with Crippen molar-refractivity contribution in [1.29, 1.82) is 0 Å². The molecule has 0 aliphatic heterocycles. The Hall–Kier alpha value is -2.33. The Kier molecular flexibility index (Phi) is 3.62. The quantitative estimate of drug-likeness (QED) is 0.746. The van der Waals surface area contributed by atoms with E-state index in [0.29, 0.717) is 34.5 Å². The van der Waals surface area contributed by atoms with E-state index in [4.69, 9.17) is 21.8 Å². The van der Waals surface area contributed by atoms with Gasteiger partial charge >= 0.3 is 0 Å². The highest BCUT2D eigenvalue weighted by Crippen LogP contribution is 2.28. The van der Waals surface area contributed by atoms with E-state index in [9.17, 15) is 0 Å². The third-order valence-electron chi connectivity index (χ3n) is 3.17. The Bertz CT molecular complexity index is 765. The molecular formula is C16H14ClN3O. The number of rotatable bonds is 3.